The van der Waals surface area contributed by atoms with Gasteiger partial charge in [0, 0.05) is 23.5 Å². The molecule has 1 fully saturated rings. The minimum Gasteiger partial charge on any atom is -0.352 e. The van der Waals surface area contributed by atoms with Crippen molar-refractivity contribution < 1.29 is 18.0 Å². The van der Waals surface area contributed by atoms with E-state index in [-0.39, 0.29) is 23.4 Å². The van der Waals surface area contributed by atoms with Crippen LogP contribution in [0.1, 0.15) is 47.9 Å². The maximum atomic E-state index is 14.6. The van der Waals surface area contributed by atoms with E-state index in [1.165, 1.54) is 0 Å². The van der Waals surface area contributed by atoms with E-state index in [2.05, 4.69) is 21.2 Å². The molecule has 1 N–H and O–H groups in total. The lowest BCUT2D eigenvalue weighted by molar-refractivity contribution is -0.140. The standard InChI is InChI=1S/C37H40BrN3O4S/c1-27-15-19-30(20-16-27)25-40(35(23-29-9-4-3-5-10-29)37(43)39-32-12-6-7-13-32)36(42)26-41(33-14-8-11-31(38)24-33)46(44,45)34-21-17-28(2)18-22-34/h3-5,8-11,14-22,24,32,35H,6-7,12-13,23,25-26H2,1-2H3,(H,39,43). The molecule has 7 nitrogen and oxygen atoms in total. The number of benzene rings is 4. The molecular formula is C37H40BrN3O4S. The Morgan fingerprint density at radius 1 is 0.826 bits per heavy atom. The second-order valence-electron chi connectivity index (χ2n) is 12.0. The Hall–Kier alpha value is -3.95. The van der Waals surface area contributed by atoms with Crippen molar-refractivity contribution in [2.45, 2.75) is 69.5 Å². The van der Waals surface area contributed by atoms with Crippen LogP contribution in [-0.2, 0) is 32.6 Å². The van der Waals surface area contributed by atoms with E-state index >= 15 is 0 Å². The average molecular weight is 703 g/mol. The highest BCUT2D eigenvalue weighted by Crippen LogP contribution is 2.28. The summed E-state index contributed by atoms with van der Waals surface area (Å²) < 4.78 is 30.2. The van der Waals surface area contributed by atoms with Gasteiger partial charge in [-0.3, -0.25) is 13.9 Å². The maximum absolute atomic E-state index is 14.6. The number of anilines is 1. The SMILES string of the molecule is Cc1ccc(CN(C(=O)CN(c2cccc(Br)c2)S(=O)(=O)c2ccc(C)cc2)C(Cc2ccccc2)C(=O)NC2CCCC2)cc1. The summed E-state index contributed by atoms with van der Waals surface area (Å²) >= 11 is 3.46. The minimum absolute atomic E-state index is 0.0576. The zero-order valence-corrected chi connectivity index (χ0v) is 28.6. The van der Waals surface area contributed by atoms with Crippen LogP contribution in [0.25, 0.3) is 0 Å². The third-order valence-corrected chi connectivity index (χ3v) is 10.7. The van der Waals surface area contributed by atoms with Crippen LogP contribution < -0.4 is 9.62 Å². The third-order valence-electron chi connectivity index (χ3n) is 8.43. The van der Waals surface area contributed by atoms with Gasteiger partial charge in [0.1, 0.15) is 12.6 Å². The Bertz CT molecular complexity index is 1740. The summed E-state index contributed by atoms with van der Waals surface area (Å²) in [6, 6.07) is 30.1. The van der Waals surface area contributed by atoms with Crippen LogP contribution in [0, 0.1) is 13.8 Å². The first-order chi connectivity index (χ1) is 22.1. The fourth-order valence-electron chi connectivity index (χ4n) is 5.81. The maximum Gasteiger partial charge on any atom is 0.264 e. The fourth-order valence-corrected chi connectivity index (χ4v) is 7.60. The molecule has 0 bridgehead atoms. The average Bonchev–Trinajstić information content (AvgIpc) is 3.56. The van der Waals surface area contributed by atoms with Crippen molar-refractivity contribution in [2.24, 2.45) is 0 Å². The number of carbonyl (C=O) groups is 2. The van der Waals surface area contributed by atoms with E-state index in [1.807, 2.05) is 68.4 Å². The van der Waals surface area contributed by atoms with E-state index in [1.54, 1.807) is 53.4 Å². The molecule has 4 aromatic rings. The van der Waals surface area contributed by atoms with E-state index in [9.17, 15) is 18.0 Å². The van der Waals surface area contributed by atoms with Crippen molar-refractivity contribution in [3.8, 4) is 0 Å². The third kappa shape index (κ3) is 8.44. The number of hydrogen-bond donors (Lipinski definition) is 1. The molecule has 0 aromatic heterocycles. The fraction of sp³-hybridized carbons (Fsp3) is 0.297. The van der Waals surface area contributed by atoms with Gasteiger partial charge >= 0.3 is 0 Å². The van der Waals surface area contributed by atoms with Gasteiger partial charge in [0.15, 0.2) is 0 Å². The Kier molecular flexibility index (Phi) is 11.0. The Morgan fingerprint density at radius 2 is 1.46 bits per heavy atom. The molecule has 240 valence electrons. The second-order valence-corrected chi connectivity index (χ2v) is 14.8. The van der Waals surface area contributed by atoms with Crippen LogP contribution in [-0.4, -0.2) is 43.8 Å². The highest BCUT2D eigenvalue weighted by molar-refractivity contribution is 9.10. The molecule has 0 spiro atoms. The van der Waals surface area contributed by atoms with Crippen molar-refractivity contribution in [1.82, 2.24) is 10.2 Å². The van der Waals surface area contributed by atoms with Gasteiger partial charge in [0.05, 0.1) is 10.6 Å². The van der Waals surface area contributed by atoms with Crippen LogP contribution in [0.2, 0.25) is 0 Å². The quantitative estimate of drug-likeness (QED) is 0.173. The smallest absolute Gasteiger partial charge is 0.264 e. The molecule has 5 rings (SSSR count). The number of sulfonamides is 1. The molecule has 46 heavy (non-hydrogen) atoms. The van der Waals surface area contributed by atoms with Gasteiger partial charge in [0.2, 0.25) is 11.8 Å². The molecule has 1 aliphatic rings. The van der Waals surface area contributed by atoms with Crippen molar-refractivity contribution in [1.29, 1.82) is 0 Å². The summed E-state index contributed by atoms with van der Waals surface area (Å²) in [5.74, 6) is -0.703. The zero-order valence-electron chi connectivity index (χ0n) is 26.2. The first kappa shape index (κ1) is 33.4. The molecule has 1 atom stereocenters. The lowest BCUT2D eigenvalue weighted by atomic mass is 10.0. The minimum atomic E-state index is -4.15. The van der Waals surface area contributed by atoms with E-state index < -0.39 is 28.5 Å². The van der Waals surface area contributed by atoms with E-state index in [0.29, 0.717) is 16.6 Å². The van der Waals surface area contributed by atoms with Gasteiger partial charge in [0.25, 0.3) is 10.0 Å². The molecule has 0 heterocycles. The number of halogens is 1. The summed E-state index contributed by atoms with van der Waals surface area (Å²) in [6.07, 6.45) is 4.21. The summed E-state index contributed by atoms with van der Waals surface area (Å²) in [6.45, 7) is 3.54. The van der Waals surface area contributed by atoms with Gasteiger partial charge in [-0.25, -0.2) is 8.42 Å². The predicted octanol–water partition coefficient (Wildman–Crippen LogP) is 6.96. The Balaban J connectivity index is 1.56. The molecule has 1 saturated carbocycles. The largest absolute Gasteiger partial charge is 0.352 e. The predicted molar refractivity (Wildman–Crippen MR) is 186 cm³/mol. The second kappa shape index (κ2) is 15.1. The lowest BCUT2D eigenvalue weighted by Crippen LogP contribution is -2.54. The number of carbonyl (C=O) groups excluding carboxylic acids is 2. The van der Waals surface area contributed by atoms with Crippen LogP contribution in [0.5, 0.6) is 0 Å². The highest BCUT2D eigenvalue weighted by atomic mass is 79.9. The first-order valence-electron chi connectivity index (χ1n) is 15.6. The number of amides is 2. The van der Waals surface area contributed by atoms with Gasteiger partial charge in [-0.2, -0.15) is 0 Å². The monoisotopic (exact) mass is 701 g/mol. The number of nitrogens with zero attached hydrogens (tertiary/aromatic N) is 2. The zero-order chi connectivity index (χ0) is 32.7. The molecule has 1 unspecified atom stereocenters. The summed E-state index contributed by atoms with van der Waals surface area (Å²) in [5, 5.41) is 3.21. The van der Waals surface area contributed by atoms with Crippen molar-refractivity contribution in [2.75, 3.05) is 10.8 Å². The lowest BCUT2D eigenvalue weighted by Gasteiger charge is -2.34. The normalized spacial score (nSPS) is 14.1. The van der Waals surface area contributed by atoms with Gasteiger partial charge < -0.3 is 10.2 Å². The summed E-state index contributed by atoms with van der Waals surface area (Å²) in [7, 11) is -4.15. The highest BCUT2D eigenvalue weighted by Gasteiger charge is 2.35. The molecule has 4 aromatic carbocycles. The molecular weight excluding hydrogens is 662 g/mol. The molecule has 0 radical (unpaired) electrons. The molecule has 2 amide bonds. The van der Waals surface area contributed by atoms with E-state index in [0.717, 1.165) is 52.2 Å². The van der Waals surface area contributed by atoms with Gasteiger partial charge in [-0.05, 0) is 68.1 Å². The summed E-state index contributed by atoms with van der Waals surface area (Å²) in [4.78, 5) is 30.4. The topological polar surface area (TPSA) is 86.8 Å². The summed E-state index contributed by atoms with van der Waals surface area (Å²) in [5.41, 5.74) is 4.10. The number of hydrogen-bond acceptors (Lipinski definition) is 4. The van der Waals surface area contributed by atoms with Crippen molar-refractivity contribution in [3.63, 3.8) is 0 Å². The Labute approximate surface area is 280 Å². The van der Waals surface area contributed by atoms with Crippen molar-refractivity contribution >= 4 is 43.5 Å². The Morgan fingerprint density at radius 3 is 2.09 bits per heavy atom. The molecule has 1 aliphatic carbocycles. The molecule has 9 heteroatoms. The number of rotatable bonds is 12. The van der Waals surface area contributed by atoms with Gasteiger partial charge in [-0.1, -0.05) is 113 Å². The van der Waals surface area contributed by atoms with Crippen molar-refractivity contribution in [3.05, 3.63) is 130 Å². The molecule has 0 aliphatic heterocycles. The number of aryl methyl sites for hydroxylation is 2. The van der Waals surface area contributed by atoms with Crippen LogP contribution in [0.4, 0.5) is 5.69 Å². The van der Waals surface area contributed by atoms with Crippen LogP contribution in [0.15, 0.2) is 112 Å². The van der Waals surface area contributed by atoms with Crippen LogP contribution >= 0.6 is 15.9 Å². The number of nitrogens with one attached hydrogen (secondary N) is 1. The van der Waals surface area contributed by atoms with Crippen LogP contribution in [0.3, 0.4) is 0 Å². The van der Waals surface area contributed by atoms with E-state index in [4.69, 9.17) is 0 Å². The molecule has 0 saturated heterocycles. The van der Waals surface area contributed by atoms with Gasteiger partial charge in [-0.15, -0.1) is 0 Å². The first-order valence-corrected chi connectivity index (χ1v) is 17.9.